The Hall–Kier alpha value is -4.99. The third kappa shape index (κ3) is 5.88. The van der Waals surface area contributed by atoms with Gasteiger partial charge in [0, 0.05) is 12.3 Å². The molecule has 0 saturated carbocycles. The van der Waals surface area contributed by atoms with Crippen LogP contribution in [0.5, 0.6) is 0 Å². The lowest BCUT2D eigenvalue weighted by molar-refractivity contribution is -0.171. The number of rotatable bonds is 8. The molecule has 0 aromatic heterocycles. The number of amides is 3. The van der Waals surface area contributed by atoms with Crippen molar-refractivity contribution in [2.24, 2.45) is 0 Å². The number of carbonyl (C=O) groups is 5. The van der Waals surface area contributed by atoms with Gasteiger partial charge in [0.1, 0.15) is 18.2 Å². The molecule has 0 spiro atoms. The van der Waals surface area contributed by atoms with E-state index in [1.54, 1.807) is 32.9 Å². The fourth-order valence-corrected chi connectivity index (χ4v) is 5.09. The van der Waals surface area contributed by atoms with Crippen LogP contribution in [0.1, 0.15) is 71.4 Å². The molecule has 10 nitrogen and oxygen atoms in total. The quantitative estimate of drug-likeness (QED) is 0.303. The van der Waals surface area contributed by atoms with Gasteiger partial charge in [-0.2, -0.15) is 0 Å². The SMILES string of the molecule is CC(C)(C)OC(=O)CC[C@H](NC(=O)OCC1c2ccccc2-c2ccccc21)C(=O)ON1C(=O)c2ccccc2C1=O. The first-order valence-corrected chi connectivity index (χ1v) is 13.6. The molecule has 1 aliphatic heterocycles. The average Bonchev–Trinajstić information content (AvgIpc) is 3.40. The van der Waals surface area contributed by atoms with Gasteiger partial charge in [0.25, 0.3) is 11.8 Å². The highest BCUT2D eigenvalue weighted by molar-refractivity contribution is 6.21. The van der Waals surface area contributed by atoms with Crippen LogP contribution in [0.15, 0.2) is 72.8 Å². The number of hydroxylamine groups is 2. The van der Waals surface area contributed by atoms with E-state index in [2.05, 4.69) is 5.32 Å². The molecule has 1 atom stereocenters. The second kappa shape index (κ2) is 11.5. The lowest BCUT2D eigenvalue weighted by Crippen LogP contribution is -2.46. The number of nitrogens with one attached hydrogen (secondary N) is 1. The fraction of sp³-hybridized carbons (Fsp3) is 0.281. The first-order chi connectivity index (χ1) is 20.0. The van der Waals surface area contributed by atoms with Crippen molar-refractivity contribution in [2.75, 3.05) is 6.61 Å². The number of carbonyl (C=O) groups excluding carboxylic acids is 5. The van der Waals surface area contributed by atoms with Crippen LogP contribution in [-0.2, 0) is 23.9 Å². The summed E-state index contributed by atoms with van der Waals surface area (Å²) in [5.41, 5.74) is 3.56. The number of hydrogen-bond donors (Lipinski definition) is 1. The van der Waals surface area contributed by atoms with Gasteiger partial charge in [-0.25, -0.2) is 9.59 Å². The molecular weight excluding hydrogens is 540 g/mol. The van der Waals surface area contributed by atoms with Crippen LogP contribution in [0.2, 0.25) is 0 Å². The van der Waals surface area contributed by atoms with Gasteiger partial charge in [-0.15, -0.1) is 0 Å². The molecule has 0 saturated heterocycles. The highest BCUT2D eigenvalue weighted by Crippen LogP contribution is 2.44. The summed E-state index contributed by atoms with van der Waals surface area (Å²) in [7, 11) is 0. The van der Waals surface area contributed by atoms with Crippen molar-refractivity contribution in [3.63, 3.8) is 0 Å². The van der Waals surface area contributed by atoms with E-state index in [4.69, 9.17) is 14.3 Å². The minimum atomic E-state index is -1.42. The number of ether oxygens (including phenoxy) is 2. The highest BCUT2D eigenvalue weighted by Gasteiger charge is 2.40. The van der Waals surface area contributed by atoms with E-state index in [0.29, 0.717) is 5.06 Å². The Kier molecular flexibility index (Phi) is 7.80. The number of benzene rings is 3. The third-order valence-electron chi connectivity index (χ3n) is 6.92. The third-order valence-corrected chi connectivity index (χ3v) is 6.92. The van der Waals surface area contributed by atoms with Crippen molar-refractivity contribution in [2.45, 2.75) is 51.2 Å². The highest BCUT2D eigenvalue weighted by atomic mass is 16.7. The lowest BCUT2D eigenvalue weighted by atomic mass is 9.98. The largest absolute Gasteiger partial charge is 0.460 e. The van der Waals surface area contributed by atoms with Crippen LogP contribution in [-0.4, -0.2) is 53.2 Å². The summed E-state index contributed by atoms with van der Waals surface area (Å²) in [5, 5.41) is 2.79. The molecule has 1 heterocycles. The Balaban J connectivity index is 1.28. The lowest BCUT2D eigenvalue weighted by Gasteiger charge is -2.22. The summed E-state index contributed by atoms with van der Waals surface area (Å²) < 4.78 is 10.9. The summed E-state index contributed by atoms with van der Waals surface area (Å²) >= 11 is 0. The monoisotopic (exact) mass is 570 g/mol. The summed E-state index contributed by atoms with van der Waals surface area (Å²) in [4.78, 5) is 69.1. The van der Waals surface area contributed by atoms with Gasteiger partial charge in [0.15, 0.2) is 0 Å². The summed E-state index contributed by atoms with van der Waals surface area (Å²) in [5.74, 6) is -3.54. The van der Waals surface area contributed by atoms with Crippen molar-refractivity contribution in [3.8, 4) is 11.1 Å². The minimum absolute atomic E-state index is 0.00784. The van der Waals surface area contributed by atoms with Crippen molar-refractivity contribution in [3.05, 3.63) is 95.1 Å². The van der Waals surface area contributed by atoms with Gasteiger partial charge < -0.3 is 19.6 Å². The van der Waals surface area contributed by atoms with Crippen LogP contribution in [0.25, 0.3) is 11.1 Å². The van der Waals surface area contributed by atoms with Crippen molar-refractivity contribution < 1.29 is 38.3 Å². The second-order valence-electron chi connectivity index (χ2n) is 11.0. The summed E-state index contributed by atoms with van der Waals surface area (Å²) in [6, 6.07) is 20.3. The van der Waals surface area contributed by atoms with E-state index in [0.717, 1.165) is 22.3 Å². The van der Waals surface area contributed by atoms with Crippen LogP contribution in [0.4, 0.5) is 4.79 Å². The van der Waals surface area contributed by atoms with E-state index in [9.17, 15) is 24.0 Å². The van der Waals surface area contributed by atoms with Gasteiger partial charge in [-0.05, 0) is 61.6 Å². The van der Waals surface area contributed by atoms with E-state index in [1.165, 1.54) is 12.1 Å². The molecule has 3 amide bonds. The van der Waals surface area contributed by atoms with E-state index >= 15 is 0 Å². The summed E-state index contributed by atoms with van der Waals surface area (Å²) in [6.45, 7) is 5.10. The molecule has 42 heavy (non-hydrogen) atoms. The standard InChI is InChI=1S/C32H30N2O8/c1-32(2,3)41-27(35)17-16-26(30(38)42-34-28(36)23-14-8-9-15-24(23)29(34)37)33-31(39)40-18-25-21-12-6-4-10-19(21)20-11-5-7-13-22(20)25/h4-15,25-26H,16-18H2,1-3H3,(H,33,39)/t26-/m0/s1. The molecule has 0 bridgehead atoms. The molecule has 2 aliphatic rings. The Morgan fingerprint density at radius 2 is 1.31 bits per heavy atom. The molecule has 0 fully saturated rings. The van der Waals surface area contributed by atoms with Gasteiger partial charge in [0.05, 0.1) is 11.1 Å². The van der Waals surface area contributed by atoms with Crippen molar-refractivity contribution >= 4 is 29.8 Å². The molecule has 216 valence electrons. The number of hydrogen-bond acceptors (Lipinski definition) is 8. The zero-order chi connectivity index (χ0) is 30.0. The predicted octanol–water partition coefficient (Wildman–Crippen LogP) is 4.77. The maximum absolute atomic E-state index is 13.2. The fourth-order valence-electron chi connectivity index (χ4n) is 5.09. The second-order valence-corrected chi connectivity index (χ2v) is 11.0. The Morgan fingerprint density at radius 3 is 1.83 bits per heavy atom. The Bertz CT molecular complexity index is 1490. The number of fused-ring (bicyclic) bond motifs is 4. The molecule has 0 unspecified atom stereocenters. The summed E-state index contributed by atoms with van der Waals surface area (Å²) in [6.07, 6.45) is -1.39. The van der Waals surface area contributed by atoms with Gasteiger partial charge in [-0.1, -0.05) is 65.7 Å². The molecule has 5 rings (SSSR count). The first-order valence-electron chi connectivity index (χ1n) is 13.6. The first kappa shape index (κ1) is 28.5. The molecule has 1 N–H and O–H groups in total. The molecular formula is C32H30N2O8. The van der Waals surface area contributed by atoms with Gasteiger partial charge in [0.2, 0.25) is 0 Å². The van der Waals surface area contributed by atoms with E-state index < -0.39 is 41.5 Å². The van der Waals surface area contributed by atoms with Crippen LogP contribution in [0.3, 0.4) is 0 Å². The number of alkyl carbamates (subject to hydrolysis) is 1. The number of imide groups is 1. The topological polar surface area (TPSA) is 128 Å². The van der Waals surface area contributed by atoms with Gasteiger partial charge in [-0.3, -0.25) is 14.4 Å². The molecule has 0 radical (unpaired) electrons. The Morgan fingerprint density at radius 1 is 0.810 bits per heavy atom. The van der Waals surface area contributed by atoms with Gasteiger partial charge >= 0.3 is 18.0 Å². The minimum Gasteiger partial charge on any atom is -0.460 e. The molecule has 3 aromatic rings. The van der Waals surface area contributed by atoms with Crippen molar-refractivity contribution in [1.29, 1.82) is 0 Å². The molecule has 1 aliphatic carbocycles. The van der Waals surface area contributed by atoms with E-state index in [-0.39, 0.29) is 36.5 Å². The van der Waals surface area contributed by atoms with Crippen molar-refractivity contribution in [1.82, 2.24) is 10.4 Å². The predicted molar refractivity (Wildman–Crippen MR) is 150 cm³/mol. The molecule has 10 heteroatoms. The average molecular weight is 571 g/mol. The number of nitrogens with zero attached hydrogens (tertiary/aromatic N) is 1. The van der Waals surface area contributed by atoms with E-state index in [1.807, 2.05) is 48.5 Å². The van der Waals surface area contributed by atoms with Crippen LogP contribution in [0, 0.1) is 0 Å². The van der Waals surface area contributed by atoms with Crippen LogP contribution >= 0.6 is 0 Å². The normalized spacial score (nSPS) is 14.5. The maximum Gasteiger partial charge on any atom is 0.407 e. The Labute approximate surface area is 242 Å². The number of esters is 1. The zero-order valence-electron chi connectivity index (χ0n) is 23.4. The van der Waals surface area contributed by atoms with Crippen LogP contribution < -0.4 is 5.32 Å². The zero-order valence-corrected chi connectivity index (χ0v) is 23.4. The molecule has 3 aromatic carbocycles. The maximum atomic E-state index is 13.2. The smallest absolute Gasteiger partial charge is 0.407 e.